The summed E-state index contributed by atoms with van der Waals surface area (Å²) in [5.74, 6) is 0.780. The predicted molar refractivity (Wildman–Crippen MR) is 42.7 cm³/mol. The lowest BCUT2D eigenvalue weighted by Gasteiger charge is -2.20. The van der Waals surface area contributed by atoms with E-state index >= 15 is 0 Å². The van der Waals surface area contributed by atoms with Gasteiger partial charge in [0.25, 0.3) is 0 Å². The molecule has 0 radical (unpaired) electrons. The Labute approximate surface area is 68.3 Å². The van der Waals surface area contributed by atoms with Crippen LogP contribution in [0.15, 0.2) is 24.0 Å². The fourth-order valence-corrected chi connectivity index (χ4v) is 1.23. The molecule has 0 aliphatic heterocycles. The van der Waals surface area contributed by atoms with Gasteiger partial charge in [0.05, 0.1) is 12.9 Å². The zero-order chi connectivity index (χ0) is 7.61. The van der Waals surface area contributed by atoms with E-state index in [1.165, 1.54) is 0 Å². The van der Waals surface area contributed by atoms with Crippen LogP contribution in [-0.4, -0.2) is 16.7 Å². The number of hydrogen-bond acceptors (Lipinski definition) is 2. The van der Waals surface area contributed by atoms with Gasteiger partial charge in [-0.2, -0.15) is 0 Å². The molecule has 0 aromatic heterocycles. The van der Waals surface area contributed by atoms with E-state index in [-0.39, 0.29) is 0 Å². The van der Waals surface area contributed by atoms with Crippen molar-refractivity contribution in [1.82, 2.24) is 0 Å². The number of methoxy groups -OCH3 is 1. The number of allylic oxidation sites excluding steroid dienone is 2. The number of hydrogen-bond donors (Lipinski definition) is 1. The van der Waals surface area contributed by atoms with Crippen molar-refractivity contribution in [3.05, 3.63) is 24.0 Å². The molecule has 3 heteroatoms. The van der Waals surface area contributed by atoms with Gasteiger partial charge in [-0.05, 0) is 28.1 Å². The van der Waals surface area contributed by atoms with Gasteiger partial charge < -0.3 is 9.84 Å². The highest BCUT2D eigenvalue weighted by molar-refractivity contribution is 9.10. The third-order valence-corrected chi connectivity index (χ3v) is 1.86. The van der Waals surface area contributed by atoms with Gasteiger partial charge in [0.15, 0.2) is 0 Å². The first kappa shape index (κ1) is 7.82. The molecule has 1 rings (SSSR count). The fourth-order valence-electron chi connectivity index (χ4n) is 0.805. The molecule has 0 amide bonds. The van der Waals surface area contributed by atoms with Crippen molar-refractivity contribution in [3.8, 4) is 0 Å². The monoisotopic (exact) mass is 204 g/mol. The average molecular weight is 205 g/mol. The van der Waals surface area contributed by atoms with Gasteiger partial charge in [-0.3, -0.25) is 0 Å². The first-order chi connectivity index (χ1) is 4.64. The maximum atomic E-state index is 9.38. The molecule has 1 aliphatic rings. The molecule has 0 heterocycles. The van der Waals surface area contributed by atoms with E-state index in [0.717, 1.165) is 5.76 Å². The van der Waals surface area contributed by atoms with Gasteiger partial charge >= 0.3 is 0 Å². The summed E-state index contributed by atoms with van der Waals surface area (Å²) < 4.78 is 4.04. The Morgan fingerprint density at radius 1 is 1.80 bits per heavy atom. The zero-order valence-corrected chi connectivity index (χ0v) is 7.26. The Bertz CT molecular complexity index is 182. The highest BCUT2D eigenvalue weighted by Crippen LogP contribution is 2.28. The maximum Gasteiger partial charge on any atom is 0.145 e. The highest BCUT2D eigenvalue weighted by Gasteiger charge is 2.23. The van der Waals surface area contributed by atoms with Crippen LogP contribution in [0.2, 0.25) is 0 Å². The third-order valence-electron chi connectivity index (χ3n) is 1.32. The van der Waals surface area contributed by atoms with Crippen molar-refractivity contribution in [2.45, 2.75) is 10.9 Å². The minimum absolute atomic E-state index is 0.486. The van der Waals surface area contributed by atoms with Crippen molar-refractivity contribution in [1.29, 1.82) is 0 Å². The molecule has 0 saturated heterocycles. The minimum atomic E-state index is -0.910. The molecule has 0 aromatic carbocycles. The lowest BCUT2D eigenvalue weighted by molar-refractivity contribution is 0.160. The van der Waals surface area contributed by atoms with Crippen molar-refractivity contribution in [2.24, 2.45) is 0 Å². The van der Waals surface area contributed by atoms with Crippen LogP contribution in [0.25, 0.3) is 0 Å². The molecule has 0 aromatic rings. The summed E-state index contributed by atoms with van der Waals surface area (Å²) in [7, 11) is 1.59. The average Bonchev–Trinajstić information content (AvgIpc) is 1.86. The molecule has 1 atom stereocenters. The predicted octanol–water partition coefficient (Wildman–Crippen LogP) is 1.56. The van der Waals surface area contributed by atoms with Crippen LogP contribution in [0.4, 0.5) is 0 Å². The van der Waals surface area contributed by atoms with Crippen molar-refractivity contribution in [2.75, 3.05) is 7.11 Å². The van der Waals surface area contributed by atoms with Gasteiger partial charge in [-0.15, -0.1) is 0 Å². The first-order valence-corrected chi connectivity index (χ1v) is 3.77. The van der Waals surface area contributed by atoms with Gasteiger partial charge in [-0.1, -0.05) is 6.08 Å². The molecule has 1 aliphatic carbocycles. The molecule has 0 bridgehead atoms. The Morgan fingerprint density at radius 2 is 2.50 bits per heavy atom. The Morgan fingerprint density at radius 3 is 2.90 bits per heavy atom. The lowest BCUT2D eigenvalue weighted by atomic mass is 10.1. The summed E-state index contributed by atoms with van der Waals surface area (Å²) in [4.78, 5) is 0. The minimum Gasteiger partial charge on any atom is -0.501 e. The second-order valence-electron chi connectivity index (χ2n) is 2.19. The molecular weight excluding hydrogens is 196 g/mol. The van der Waals surface area contributed by atoms with Gasteiger partial charge in [0.1, 0.15) is 4.51 Å². The molecule has 10 heavy (non-hydrogen) atoms. The van der Waals surface area contributed by atoms with Crippen LogP contribution < -0.4 is 0 Å². The second kappa shape index (κ2) is 2.76. The van der Waals surface area contributed by atoms with E-state index in [0.29, 0.717) is 6.42 Å². The van der Waals surface area contributed by atoms with E-state index in [9.17, 15) is 5.11 Å². The van der Waals surface area contributed by atoms with Crippen molar-refractivity contribution >= 4 is 15.9 Å². The van der Waals surface area contributed by atoms with Crippen molar-refractivity contribution in [3.63, 3.8) is 0 Å². The number of aliphatic hydroxyl groups is 1. The Balaban J connectivity index is 2.68. The SMILES string of the molecule is COC1=CC=CC(O)(Br)C1. The zero-order valence-electron chi connectivity index (χ0n) is 5.67. The van der Waals surface area contributed by atoms with E-state index in [4.69, 9.17) is 4.74 Å². The standard InChI is InChI=1S/C7H9BrO2/c1-10-6-3-2-4-7(8,9)5-6/h2-4,9H,5H2,1H3. The summed E-state index contributed by atoms with van der Waals surface area (Å²) >= 11 is 3.12. The summed E-state index contributed by atoms with van der Waals surface area (Å²) in [6, 6.07) is 0. The van der Waals surface area contributed by atoms with Crippen LogP contribution in [0.3, 0.4) is 0 Å². The third kappa shape index (κ3) is 1.85. The molecular formula is C7H9BrO2. The molecule has 0 saturated carbocycles. The molecule has 2 nitrogen and oxygen atoms in total. The van der Waals surface area contributed by atoms with E-state index < -0.39 is 4.51 Å². The van der Waals surface area contributed by atoms with Crippen LogP contribution in [0.1, 0.15) is 6.42 Å². The fraction of sp³-hybridized carbons (Fsp3) is 0.429. The van der Waals surface area contributed by atoms with Crippen molar-refractivity contribution < 1.29 is 9.84 Å². The Kier molecular flexibility index (Phi) is 2.16. The summed E-state index contributed by atoms with van der Waals surface area (Å²) in [5, 5.41) is 9.38. The second-order valence-corrected chi connectivity index (χ2v) is 3.56. The van der Waals surface area contributed by atoms with Gasteiger partial charge in [-0.25, -0.2) is 0 Å². The summed E-state index contributed by atoms with van der Waals surface area (Å²) in [5.41, 5.74) is 0. The molecule has 1 unspecified atom stereocenters. The number of alkyl halides is 1. The number of ether oxygens (including phenoxy) is 1. The van der Waals surface area contributed by atoms with E-state index in [1.807, 2.05) is 6.08 Å². The van der Waals surface area contributed by atoms with Crippen LogP contribution >= 0.6 is 15.9 Å². The first-order valence-electron chi connectivity index (χ1n) is 2.98. The largest absolute Gasteiger partial charge is 0.501 e. The summed E-state index contributed by atoms with van der Waals surface area (Å²) in [6.07, 6.45) is 5.75. The topological polar surface area (TPSA) is 29.5 Å². The maximum absolute atomic E-state index is 9.38. The van der Waals surface area contributed by atoms with E-state index in [2.05, 4.69) is 15.9 Å². The molecule has 56 valence electrons. The van der Waals surface area contributed by atoms with Gasteiger partial charge in [0, 0.05) is 6.42 Å². The highest BCUT2D eigenvalue weighted by atomic mass is 79.9. The molecule has 0 fully saturated rings. The van der Waals surface area contributed by atoms with Crippen LogP contribution in [0, 0.1) is 0 Å². The summed E-state index contributed by atoms with van der Waals surface area (Å²) in [6.45, 7) is 0. The quantitative estimate of drug-likeness (QED) is 0.658. The van der Waals surface area contributed by atoms with E-state index in [1.54, 1.807) is 19.3 Å². The van der Waals surface area contributed by atoms with Gasteiger partial charge in [0.2, 0.25) is 0 Å². The molecule has 0 spiro atoms. The Hall–Kier alpha value is -0.280. The molecule has 1 N–H and O–H groups in total. The smallest absolute Gasteiger partial charge is 0.145 e. The number of halogens is 1. The van der Waals surface area contributed by atoms with Crippen LogP contribution in [0.5, 0.6) is 0 Å². The normalized spacial score (nSPS) is 31.7. The number of rotatable bonds is 1. The lowest BCUT2D eigenvalue weighted by Crippen LogP contribution is -2.19. The van der Waals surface area contributed by atoms with Crippen LogP contribution in [-0.2, 0) is 4.74 Å².